The number of hydrogen-bond donors (Lipinski definition) is 2. The molecule has 0 spiro atoms. The third-order valence-electron chi connectivity index (χ3n) is 1.98. The van der Waals surface area contributed by atoms with Crippen molar-refractivity contribution in [1.29, 1.82) is 0 Å². The van der Waals surface area contributed by atoms with Crippen LogP contribution in [0.2, 0.25) is 0 Å². The van der Waals surface area contributed by atoms with Gasteiger partial charge in [-0.15, -0.1) is 0 Å². The first-order valence-electron chi connectivity index (χ1n) is 4.13. The van der Waals surface area contributed by atoms with Gasteiger partial charge in [-0.05, 0) is 18.1 Å². The second-order valence-corrected chi connectivity index (χ2v) is 3.25. The highest BCUT2D eigenvalue weighted by Gasteiger charge is 2.11. The summed E-state index contributed by atoms with van der Waals surface area (Å²) in [6.45, 7) is 4.19. The molecule has 3 N–H and O–H groups in total. The van der Waals surface area contributed by atoms with Crippen molar-refractivity contribution in [1.82, 2.24) is 4.98 Å². The van der Waals surface area contributed by atoms with Crippen molar-refractivity contribution in [2.75, 3.05) is 7.11 Å². The summed E-state index contributed by atoms with van der Waals surface area (Å²) in [5, 5.41) is 0. The molecule has 0 aliphatic heterocycles. The molecule has 3 nitrogen and oxygen atoms in total. The second-order valence-electron chi connectivity index (χ2n) is 3.25. The van der Waals surface area contributed by atoms with Crippen LogP contribution in [-0.4, -0.2) is 12.1 Å². The maximum Gasteiger partial charge on any atom is 0.190 e. The Bertz CT molecular complexity index is 242. The molecule has 68 valence electrons. The van der Waals surface area contributed by atoms with Gasteiger partial charge in [0.1, 0.15) is 0 Å². The number of aromatic amines is 1. The van der Waals surface area contributed by atoms with Gasteiger partial charge in [-0.1, -0.05) is 13.8 Å². The average Bonchev–Trinajstić information content (AvgIpc) is 2.50. The van der Waals surface area contributed by atoms with Gasteiger partial charge in [0.25, 0.3) is 0 Å². The number of nitrogens with one attached hydrogen (secondary N) is 1. The number of aromatic nitrogens is 1. The van der Waals surface area contributed by atoms with Crippen molar-refractivity contribution >= 4 is 0 Å². The molecule has 0 amide bonds. The maximum atomic E-state index is 5.92. The molecule has 12 heavy (non-hydrogen) atoms. The van der Waals surface area contributed by atoms with Crippen LogP contribution >= 0.6 is 0 Å². The van der Waals surface area contributed by atoms with Crippen LogP contribution < -0.4 is 10.5 Å². The molecule has 0 aromatic carbocycles. The third-order valence-corrected chi connectivity index (χ3v) is 1.98. The molecule has 1 atom stereocenters. The van der Waals surface area contributed by atoms with E-state index in [1.54, 1.807) is 7.11 Å². The van der Waals surface area contributed by atoms with Gasteiger partial charge >= 0.3 is 0 Å². The van der Waals surface area contributed by atoms with Crippen molar-refractivity contribution in [2.45, 2.75) is 19.9 Å². The predicted octanol–water partition coefficient (Wildman–Crippen LogP) is 1.68. The van der Waals surface area contributed by atoms with Gasteiger partial charge in [0, 0.05) is 11.7 Å². The zero-order chi connectivity index (χ0) is 9.14. The molecule has 1 aromatic rings. The molecule has 0 aliphatic carbocycles. The number of nitrogens with two attached hydrogens (primary N) is 1. The lowest BCUT2D eigenvalue weighted by atomic mass is 10.0. The predicted molar refractivity (Wildman–Crippen MR) is 49.1 cm³/mol. The van der Waals surface area contributed by atoms with E-state index >= 15 is 0 Å². The lowest BCUT2D eigenvalue weighted by Crippen LogP contribution is -2.16. The van der Waals surface area contributed by atoms with Gasteiger partial charge in [0.05, 0.1) is 7.11 Å². The Morgan fingerprint density at radius 1 is 1.42 bits per heavy atom. The third kappa shape index (κ3) is 1.80. The number of ether oxygens (including phenoxy) is 1. The fourth-order valence-corrected chi connectivity index (χ4v) is 1.06. The maximum absolute atomic E-state index is 5.92. The Balaban J connectivity index is 2.74. The van der Waals surface area contributed by atoms with E-state index in [0.717, 1.165) is 11.6 Å². The Morgan fingerprint density at radius 2 is 2.08 bits per heavy atom. The highest BCUT2D eigenvalue weighted by molar-refractivity contribution is 5.20. The molecule has 0 saturated heterocycles. The zero-order valence-electron chi connectivity index (χ0n) is 7.79. The van der Waals surface area contributed by atoms with Crippen LogP contribution in [0.5, 0.6) is 5.88 Å². The van der Waals surface area contributed by atoms with Crippen molar-refractivity contribution in [3.63, 3.8) is 0 Å². The van der Waals surface area contributed by atoms with E-state index < -0.39 is 0 Å². The van der Waals surface area contributed by atoms with E-state index in [9.17, 15) is 0 Å². The summed E-state index contributed by atoms with van der Waals surface area (Å²) in [6.07, 6.45) is 0. The topological polar surface area (TPSA) is 51.0 Å². The zero-order valence-corrected chi connectivity index (χ0v) is 7.79. The number of rotatable bonds is 3. The van der Waals surface area contributed by atoms with E-state index in [1.807, 2.05) is 12.1 Å². The molecule has 0 aliphatic rings. The van der Waals surface area contributed by atoms with Crippen LogP contribution in [0.3, 0.4) is 0 Å². The van der Waals surface area contributed by atoms with Crippen LogP contribution in [0.1, 0.15) is 25.6 Å². The highest BCUT2D eigenvalue weighted by atomic mass is 16.5. The molecule has 1 rings (SSSR count). The summed E-state index contributed by atoms with van der Waals surface area (Å²) in [4.78, 5) is 3.10. The molecular formula is C9H16N2O. The summed E-state index contributed by atoms with van der Waals surface area (Å²) in [5.74, 6) is 1.20. The highest BCUT2D eigenvalue weighted by Crippen LogP contribution is 2.20. The van der Waals surface area contributed by atoms with E-state index in [-0.39, 0.29) is 6.04 Å². The van der Waals surface area contributed by atoms with Gasteiger partial charge in [-0.3, -0.25) is 0 Å². The van der Waals surface area contributed by atoms with Gasteiger partial charge in [-0.2, -0.15) is 0 Å². The SMILES string of the molecule is COc1ccc(C(N)C(C)C)[nH]1. The first kappa shape index (κ1) is 9.13. The summed E-state index contributed by atoms with van der Waals surface area (Å²) in [6, 6.07) is 3.91. The first-order chi connectivity index (χ1) is 5.65. The summed E-state index contributed by atoms with van der Waals surface area (Å²) in [5.41, 5.74) is 6.95. The number of methoxy groups -OCH3 is 1. The van der Waals surface area contributed by atoms with Gasteiger partial charge in [0.2, 0.25) is 0 Å². The molecule has 0 radical (unpaired) electrons. The van der Waals surface area contributed by atoms with E-state index in [0.29, 0.717) is 5.92 Å². The first-order valence-corrected chi connectivity index (χ1v) is 4.13. The van der Waals surface area contributed by atoms with Crippen molar-refractivity contribution < 1.29 is 4.74 Å². The van der Waals surface area contributed by atoms with Gasteiger partial charge in [-0.25, -0.2) is 0 Å². The van der Waals surface area contributed by atoms with E-state index in [4.69, 9.17) is 10.5 Å². The largest absolute Gasteiger partial charge is 0.482 e. The van der Waals surface area contributed by atoms with Crippen LogP contribution in [0, 0.1) is 5.92 Å². The summed E-state index contributed by atoms with van der Waals surface area (Å²) in [7, 11) is 1.64. The van der Waals surface area contributed by atoms with E-state index in [2.05, 4.69) is 18.8 Å². The molecule has 3 heteroatoms. The fraction of sp³-hybridized carbons (Fsp3) is 0.556. The fourth-order valence-electron chi connectivity index (χ4n) is 1.06. The molecule has 0 bridgehead atoms. The Hall–Kier alpha value is -0.960. The lowest BCUT2D eigenvalue weighted by Gasteiger charge is -2.13. The second kappa shape index (κ2) is 3.63. The molecular weight excluding hydrogens is 152 g/mol. The smallest absolute Gasteiger partial charge is 0.190 e. The van der Waals surface area contributed by atoms with E-state index in [1.165, 1.54) is 0 Å². The Morgan fingerprint density at radius 3 is 2.50 bits per heavy atom. The molecule has 1 aromatic heterocycles. The minimum absolute atomic E-state index is 0.0638. The summed E-state index contributed by atoms with van der Waals surface area (Å²) >= 11 is 0. The Labute approximate surface area is 72.9 Å². The van der Waals surface area contributed by atoms with Crippen LogP contribution in [0.4, 0.5) is 0 Å². The minimum atomic E-state index is 0.0638. The van der Waals surface area contributed by atoms with Crippen LogP contribution in [0.15, 0.2) is 12.1 Å². The Kier molecular flexibility index (Phi) is 2.76. The molecule has 1 unspecified atom stereocenters. The number of hydrogen-bond acceptors (Lipinski definition) is 2. The molecule has 1 heterocycles. The minimum Gasteiger partial charge on any atom is -0.482 e. The standard InChI is InChI=1S/C9H16N2O/c1-6(2)9(10)7-4-5-8(11-7)12-3/h4-6,9,11H,10H2,1-3H3. The molecule has 0 fully saturated rings. The lowest BCUT2D eigenvalue weighted by molar-refractivity contribution is 0.396. The van der Waals surface area contributed by atoms with Gasteiger partial charge in [0.15, 0.2) is 5.88 Å². The van der Waals surface area contributed by atoms with Crippen molar-refractivity contribution in [2.24, 2.45) is 11.7 Å². The quantitative estimate of drug-likeness (QED) is 0.721. The van der Waals surface area contributed by atoms with Crippen LogP contribution in [0.25, 0.3) is 0 Å². The monoisotopic (exact) mass is 168 g/mol. The van der Waals surface area contributed by atoms with Crippen LogP contribution in [-0.2, 0) is 0 Å². The molecule has 0 saturated carbocycles. The number of H-pyrrole nitrogens is 1. The normalized spacial score (nSPS) is 13.4. The van der Waals surface area contributed by atoms with Crippen molar-refractivity contribution in [3.8, 4) is 5.88 Å². The van der Waals surface area contributed by atoms with Gasteiger partial charge < -0.3 is 15.5 Å². The van der Waals surface area contributed by atoms with Crippen molar-refractivity contribution in [3.05, 3.63) is 17.8 Å². The summed E-state index contributed by atoms with van der Waals surface area (Å²) < 4.78 is 5.01. The average molecular weight is 168 g/mol.